The second kappa shape index (κ2) is 7.43. The van der Waals surface area contributed by atoms with Gasteiger partial charge in [0, 0.05) is 22.2 Å². The third kappa shape index (κ3) is 4.56. The Morgan fingerprint density at radius 1 is 1.38 bits per heavy atom. The molecule has 0 amide bonds. The molecule has 0 aliphatic rings. The number of rotatable bonds is 6. The van der Waals surface area contributed by atoms with Gasteiger partial charge < -0.3 is 9.88 Å². The van der Waals surface area contributed by atoms with Gasteiger partial charge in [0.15, 0.2) is 0 Å². The highest BCUT2D eigenvalue weighted by molar-refractivity contribution is 9.10. The van der Waals surface area contributed by atoms with Crippen LogP contribution >= 0.6 is 27.5 Å². The maximum Gasteiger partial charge on any atom is 0.106 e. The highest BCUT2D eigenvalue weighted by atomic mass is 79.9. The summed E-state index contributed by atoms with van der Waals surface area (Å²) in [4.78, 5) is 4.43. The van der Waals surface area contributed by atoms with Crippen LogP contribution in [0.4, 0.5) is 0 Å². The summed E-state index contributed by atoms with van der Waals surface area (Å²) in [5, 5.41) is 4.24. The van der Waals surface area contributed by atoms with Gasteiger partial charge >= 0.3 is 0 Å². The van der Waals surface area contributed by atoms with Crippen molar-refractivity contribution >= 4 is 27.5 Å². The normalized spacial score (nSPS) is 11.3. The molecule has 21 heavy (non-hydrogen) atoms. The Hall–Kier alpha value is -0.840. The summed E-state index contributed by atoms with van der Waals surface area (Å²) in [5.74, 6) is 1.65. The Bertz CT molecular complexity index is 608. The fourth-order valence-corrected chi connectivity index (χ4v) is 2.91. The fourth-order valence-electron chi connectivity index (χ4n) is 2.18. The summed E-state index contributed by atoms with van der Waals surface area (Å²) < 4.78 is 3.21. The minimum atomic E-state index is 0.642. The number of benzene rings is 1. The molecule has 0 saturated carbocycles. The number of nitrogens with one attached hydrogen (secondary N) is 1. The van der Waals surface area contributed by atoms with Crippen LogP contribution in [0.1, 0.15) is 30.9 Å². The van der Waals surface area contributed by atoms with E-state index >= 15 is 0 Å². The van der Waals surface area contributed by atoms with Gasteiger partial charge in [-0.1, -0.05) is 47.4 Å². The minimum absolute atomic E-state index is 0.642. The molecule has 0 radical (unpaired) electrons. The average molecular weight is 371 g/mol. The monoisotopic (exact) mass is 369 g/mol. The predicted molar refractivity (Wildman–Crippen MR) is 91.8 cm³/mol. The van der Waals surface area contributed by atoms with E-state index in [-0.39, 0.29) is 0 Å². The van der Waals surface area contributed by atoms with Crippen LogP contribution in [-0.4, -0.2) is 16.1 Å². The van der Waals surface area contributed by atoms with Gasteiger partial charge in [0.25, 0.3) is 0 Å². The maximum absolute atomic E-state index is 6.32. The number of nitrogens with zero attached hydrogens (tertiary/aromatic N) is 2. The molecule has 5 heteroatoms. The Morgan fingerprint density at radius 2 is 2.14 bits per heavy atom. The van der Waals surface area contributed by atoms with Crippen molar-refractivity contribution in [3.63, 3.8) is 0 Å². The fraction of sp³-hybridized carbons (Fsp3) is 0.438. The molecule has 114 valence electrons. The van der Waals surface area contributed by atoms with Crippen LogP contribution in [0.15, 0.2) is 28.9 Å². The summed E-state index contributed by atoms with van der Waals surface area (Å²) >= 11 is 9.75. The van der Waals surface area contributed by atoms with Crippen molar-refractivity contribution in [2.45, 2.75) is 33.9 Å². The van der Waals surface area contributed by atoms with Gasteiger partial charge in [-0.05, 0) is 37.1 Å². The van der Waals surface area contributed by atoms with Crippen LogP contribution in [0.2, 0.25) is 5.02 Å². The highest BCUT2D eigenvalue weighted by Crippen LogP contribution is 2.23. The molecule has 0 bridgehead atoms. The predicted octanol–water partition coefficient (Wildman–Crippen LogP) is 4.40. The first-order chi connectivity index (χ1) is 9.97. The highest BCUT2D eigenvalue weighted by Gasteiger charge is 2.09. The van der Waals surface area contributed by atoms with Gasteiger partial charge in [0.05, 0.1) is 12.2 Å². The lowest BCUT2D eigenvalue weighted by Crippen LogP contribution is -2.21. The molecule has 0 atom stereocenters. The van der Waals surface area contributed by atoms with Crippen LogP contribution in [0.3, 0.4) is 0 Å². The van der Waals surface area contributed by atoms with Crippen LogP contribution < -0.4 is 5.32 Å². The molecule has 1 heterocycles. The second-order valence-electron chi connectivity index (χ2n) is 5.64. The molecule has 2 rings (SSSR count). The van der Waals surface area contributed by atoms with Gasteiger partial charge in [0.2, 0.25) is 0 Å². The number of hydrogen-bond acceptors (Lipinski definition) is 2. The number of aryl methyl sites for hydroxylation is 1. The number of halogens is 2. The Kier molecular flexibility index (Phi) is 5.85. The lowest BCUT2D eigenvalue weighted by Gasteiger charge is -2.13. The number of imidazole rings is 1. The first-order valence-corrected chi connectivity index (χ1v) is 8.30. The lowest BCUT2D eigenvalue weighted by atomic mass is 10.2. The molecule has 0 unspecified atom stereocenters. The summed E-state index contributed by atoms with van der Waals surface area (Å²) in [5.41, 5.74) is 2.29. The van der Waals surface area contributed by atoms with Gasteiger partial charge in [-0.3, -0.25) is 0 Å². The van der Waals surface area contributed by atoms with E-state index in [2.05, 4.69) is 50.7 Å². The van der Waals surface area contributed by atoms with Gasteiger partial charge in [-0.15, -0.1) is 0 Å². The SMILES string of the molecule is Cc1ncc(CNCC(C)C)n1Cc1ccc(Br)cc1Cl. The van der Waals surface area contributed by atoms with Crippen LogP contribution in [0.25, 0.3) is 0 Å². The second-order valence-corrected chi connectivity index (χ2v) is 6.97. The molecule has 1 aromatic heterocycles. The Labute approximate surface area is 139 Å². The van der Waals surface area contributed by atoms with E-state index in [0.717, 1.165) is 40.5 Å². The quantitative estimate of drug-likeness (QED) is 0.816. The van der Waals surface area contributed by atoms with E-state index in [4.69, 9.17) is 11.6 Å². The molecule has 0 aliphatic heterocycles. The number of hydrogen-bond donors (Lipinski definition) is 1. The summed E-state index contributed by atoms with van der Waals surface area (Å²) in [6.07, 6.45) is 1.94. The van der Waals surface area contributed by atoms with Crippen LogP contribution in [0.5, 0.6) is 0 Å². The van der Waals surface area contributed by atoms with Crippen molar-refractivity contribution in [1.82, 2.24) is 14.9 Å². The number of aromatic nitrogens is 2. The Morgan fingerprint density at radius 3 is 2.81 bits per heavy atom. The van der Waals surface area contributed by atoms with E-state index in [1.165, 1.54) is 5.69 Å². The molecule has 2 aromatic rings. The van der Waals surface area contributed by atoms with Crippen LogP contribution in [-0.2, 0) is 13.1 Å². The van der Waals surface area contributed by atoms with Gasteiger partial charge in [-0.2, -0.15) is 0 Å². The average Bonchev–Trinajstić information content (AvgIpc) is 2.74. The molecular formula is C16H21BrClN3. The molecule has 0 fully saturated rings. The molecule has 1 aromatic carbocycles. The largest absolute Gasteiger partial charge is 0.327 e. The Balaban J connectivity index is 2.13. The van der Waals surface area contributed by atoms with E-state index in [0.29, 0.717) is 5.92 Å². The van der Waals surface area contributed by atoms with E-state index in [1.807, 2.05) is 25.3 Å². The van der Waals surface area contributed by atoms with Crippen molar-refractivity contribution < 1.29 is 0 Å². The minimum Gasteiger partial charge on any atom is -0.327 e. The summed E-state index contributed by atoms with van der Waals surface area (Å²) in [6, 6.07) is 6.00. The molecule has 0 spiro atoms. The first kappa shape index (κ1) is 16.5. The summed E-state index contributed by atoms with van der Waals surface area (Å²) in [6.45, 7) is 9.01. The molecule has 0 aliphatic carbocycles. The molecule has 1 N–H and O–H groups in total. The zero-order valence-electron chi connectivity index (χ0n) is 12.7. The van der Waals surface area contributed by atoms with Crippen molar-refractivity contribution in [2.75, 3.05) is 6.54 Å². The van der Waals surface area contributed by atoms with Gasteiger partial charge in [-0.25, -0.2) is 4.98 Å². The molecular weight excluding hydrogens is 350 g/mol. The van der Waals surface area contributed by atoms with Gasteiger partial charge in [0.1, 0.15) is 5.82 Å². The third-order valence-corrected chi connectivity index (χ3v) is 4.19. The lowest BCUT2D eigenvalue weighted by molar-refractivity contribution is 0.537. The maximum atomic E-state index is 6.32. The third-order valence-electron chi connectivity index (χ3n) is 3.34. The zero-order chi connectivity index (χ0) is 15.4. The van der Waals surface area contributed by atoms with E-state index < -0.39 is 0 Å². The standard InChI is InChI=1S/C16H21BrClN3/c1-11(2)7-19-8-15-9-20-12(3)21(15)10-13-4-5-14(17)6-16(13)18/h4-6,9,11,19H,7-8,10H2,1-3H3. The first-order valence-electron chi connectivity index (χ1n) is 7.13. The smallest absolute Gasteiger partial charge is 0.106 e. The molecule has 0 saturated heterocycles. The van der Waals surface area contributed by atoms with E-state index in [9.17, 15) is 0 Å². The van der Waals surface area contributed by atoms with Crippen molar-refractivity contribution in [3.05, 3.63) is 51.0 Å². The van der Waals surface area contributed by atoms with Crippen LogP contribution in [0, 0.1) is 12.8 Å². The molecule has 3 nitrogen and oxygen atoms in total. The zero-order valence-corrected chi connectivity index (χ0v) is 15.0. The van der Waals surface area contributed by atoms with E-state index in [1.54, 1.807) is 0 Å². The topological polar surface area (TPSA) is 29.9 Å². The summed E-state index contributed by atoms with van der Waals surface area (Å²) in [7, 11) is 0. The van der Waals surface area contributed by atoms with Crippen molar-refractivity contribution in [1.29, 1.82) is 0 Å². The van der Waals surface area contributed by atoms with Crippen molar-refractivity contribution in [3.8, 4) is 0 Å². The van der Waals surface area contributed by atoms with Crippen molar-refractivity contribution in [2.24, 2.45) is 5.92 Å².